The largest absolute Gasteiger partial charge is 0.507 e. The van der Waals surface area contributed by atoms with Crippen LogP contribution in [0.15, 0.2) is 84.0 Å². The molecule has 0 fully saturated rings. The first-order valence-corrected chi connectivity index (χ1v) is 19.8. The Hall–Kier alpha value is -4.09. The number of benzene rings is 3. The van der Waals surface area contributed by atoms with Crippen molar-refractivity contribution in [2.75, 3.05) is 5.75 Å². The molecule has 0 aliphatic carbocycles. The van der Waals surface area contributed by atoms with Gasteiger partial charge in [-0.15, -0.1) is 11.8 Å². The van der Waals surface area contributed by atoms with Gasteiger partial charge in [0.1, 0.15) is 34.1 Å². The zero-order valence-electron chi connectivity index (χ0n) is 32.3. The Morgan fingerprint density at radius 1 is 0.717 bits per heavy atom. The van der Waals surface area contributed by atoms with E-state index in [4.69, 9.17) is 13.6 Å². The zero-order valence-corrected chi connectivity index (χ0v) is 35.3. The van der Waals surface area contributed by atoms with E-state index in [9.17, 15) is 19.5 Å². The fourth-order valence-electron chi connectivity index (χ4n) is 6.28. The van der Waals surface area contributed by atoms with Gasteiger partial charge in [-0.1, -0.05) is 42.3 Å². The number of aryl methyl sites for hydroxylation is 8. The van der Waals surface area contributed by atoms with Crippen molar-refractivity contribution in [3.8, 4) is 33.8 Å². The minimum absolute atomic E-state index is 0.0180. The lowest BCUT2D eigenvalue weighted by Crippen LogP contribution is -2.26. The average molecular weight is 849 g/mol. The first kappa shape index (κ1) is 41.7. The van der Waals surface area contributed by atoms with Crippen molar-refractivity contribution in [3.05, 3.63) is 130 Å². The maximum atomic E-state index is 12.8. The van der Waals surface area contributed by atoms with Gasteiger partial charge in [0.05, 0.1) is 5.41 Å². The Kier molecular flexibility index (Phi) is 14.0. The Labute approximate surface area is 330 Å². The molecule has 9 heteroatoms. The number of rotatable bonds is 9. The summed E-state index contributed by atoms with van der Waals surface area (Å²) in [7, 11) is 0. The minimum Gasteiger partial charge on any atom is -0.507 e. The molecule has 0 spiro atoms. The Bertz CT molecular complexity index is 2180. The van der Waals surface area contributed by atoms with Crippen molar-refractivity contribution < 1.29 is 23.5 Å². The lowest BCUT2D eigenvalue weighted by atomic mass is 9.93. The molecule has 0 saturated carbocycles. The zero-order chi connectivity index (χ0) is 39.2. The van der Waals surface area contributed by atoms with Crippen LogP contribution in [0.5, 0.6) is 11.5 Å². The molecule has 0 saturated heterocycles. The Balaban J connectivity index is 0.000000237. The van der Waals surface area contributed by atoms with Crippen molar-refractivity contribution in [1.82, 2.24) is 0 Å². The molecule has 0 radical (unpaired) electrons. The molecule has 0 atom stereocenters. The third-order valence-electron chi connectivity index (χ3n) is 8.54. The number of aromatic hydroxyl groups is 1. The van der Waals surface area contributed by atoms with E-state index >= 15 is 0 Å². The van der Waals surface area contributed by atoms with E-state index in [1.165, 1.54) is 8.47 Å². The maximum Gasteiger partial charge on any atom is 0.347 e. The lowest BCUT2D eigenvalue weighted by molar-refractivity contribution is -0.142. The second-order valence-corrected chi connectivity index (χ2v) is 16.9. The predicted octanol–water partition coefficient (Wildman–Crippen LogP) is 11.0. The number of thioether (sulfide) groups is 1. The van der Waals surface area contributed by atoms with E-state index in [1.54, 1.807) is 44.7 Å². The van der Waals surface area contributed by atoms with E-state index in [0.717, 1.165) is 56.7 Å². The fourth-order valence-corrected chi connectivity index (χ4v) is 7.51. The Morgan fingerprint density at radius 3 is 1.66 bits per heavy atom. The number of hydrogen-bond acceptors (Lipinski definition) is 8. The maximum absolute atomic E-state index is 12.8. The lowest BCUT2D eigenvalue weighted by Gasteiger charge is -2.19. The quantitative estimate of drug-likeness (QED) is 0.0888. The summed E-state index contributed by atoms with van der Waals surface area (Å²) in [6, 6.07) is 19.6. The van der Waals surface area contributed by atoms with Crippen molar-refractivity contribution in [2.45, 2.75) is 93.4 Å². The summed E-state index contributed by atoms with van der Waals surface area (Å²) in [6.45, 7) is 19.2. The fraction of sp³-hybridized carbons (Fsp3) is 0.341. The van der Waals surface area contributed by atoms with E-state index < -0.39 is 16.7 Å². The van der Waals surface area contributed by atoms with Gasteiger partial charge in [-0.05, 0) is 149 Å². The van der Waals surface area contributed by atoms with Gasteiger partial charge in [0.2, 0.25) is 0 Å². The summed E-state index contributed by atoms with van der Waals surface area (Å²) in [6.07, 6.45) is 2.02. The molecule has 2 aromatic heterocycles. The molecule has 3 aromatic carbocycles. The number of hydrogen-bond donors (Lipinski definition) is 1. The molecule has 5 rings (SSSR count). The number of carbonyl (C=O) groups is 1. The summed E-state index contributed by atoms with van der Waals surface area (Å²) in [5, 5.41) is 10.5. The smallest absolute Gasteiger partial charge is 0.347 e. The van der Waals surface area contributed by atoms with Crippen LogP contribution < -0.4 is 16.0 Å². The summed E-state index contributed by atoms with van der Waals surface area (Å²) in [4.78, 5) is 39.0. The first-order chi connectivity index (χ1) is 24.9. The second kappa shape index (κ2) is 17.8. The van der Waals surface area contributed by atoms with Gasteiger partial charge in [-0.2, -0.15) is 0 Å². The van der Waals surface area contributed by atoms with Crippen LogP contribution in [0.3, 0.4) is 0 Å². The monoisotopic (exact) mass is 848 g/mol. The van der Waals surface area contributed by atoms with E-state index in [-0.39, 0.29) is 23.0 Å². The highest BCUT2D eigenvalue weighted by Crippen LogP contribution is 2.36. The van der Waals surface area contributed by atoms with Crippen molar-refractivity contribution >= 4 is 40.3 Å². The van der Waals surface area contributed by atoms with E-state index in [0.29, 0.717) is 29.9 Å². The molecular weight excluding hydrogens is 799 g/mol. The third-order valence-corrected chi connectivity index (χ3v) is 10.3. The molecule has 280 valence electrons. The molecule has 0 amide bonds. The highest BCUT2D eigenvalue weighted by molar-refractivity contribution is 14.1. The molecule has 7 nitrogen and oxygen atoms in total. The number of ether oxygens (including phenoxy) is 1. The third kappa shape index (κ3) is 10.8. The molecule has 1 N–H and O–H groups in total. The molecular formula is C44H49IO7S. The molecule has 5 aromatic rings. The van der Waals surface area contributed by atoms with Gasteiger partial charge in [0.25, 0.3) is 0 Å². The Morgan fingerprint density at radius 2 is 1.19 bits per heavy atom. The van der Waals surface area contributed by atoms with Crippen molar-refractivity contribution in [3.63, 3.8) is 0 Å². The van der Waals surface area contributed by atoms with Gasteiger partial charge < -0.3 is 18.7 Å². The van der Waals surface area contributed by atoms with Gasteiger partial charge in [-0.3, -0.25) is 4.79 Å². The van der Waals surface area contributed by atoms with Crippen molar-refractivity contribution in [2.24, 2.45) is 5.41 Å². The average Bonchev–Trinajstić information content (AvgIpc) is 3.03. The topological polar surface area (TPSA) is 107 Å². The molecule has 2 heterocycles. The first-order valence-electron chi connectivity index (χ1n) is 17.7. The molecule has 0 bridgehead atoms. The summed E-state index contributed by atoms with van der Waals surface area (Å²) < 4.78 is 17.9. The van der Waals surface area contributed by atoms with Crippen molar-refractivity contribution in [1.29, 1.82) is 0 Å². The van der Waals surface area contributed by atoms with Gasteiger partial charge in [-0.25, -0.2) is 9.59 Å². The van der Waals surface area contributed by atoms with Crippen LogP contribution >= 0.6 is 34.4 Å². The standard InChI is InChI=1S/C22H21IO3S.C22H28O4/c1-13-10-14(2)20(15(3)11-13)21-19(24)12-17(26-22(21)25)8-9-27-18-6-4-16(23)5-7-18;1-8-9-16-12-17(26-21(24)22(5,6)7)19(20(23)25-16)18-14(3)10-13(2)11-15(18)4/h4-7,10-12,24H,8-9H2,1-3H3;10-12H,8-9H2,1-7H3. The van der Waals surface area contributed by atoms with Crippen LogP contribution in [0.1, 0.15) is 79.0 Å². The number of esters is 1. The summed E-state index contributed by atoms with van der Waals surface area (Å²) in [5.41, 5.74) is 6.52. The summed E-state index contributed by atoms with van der Waals surface area (Å²) >= 11 is 3.97. The number of halogens is 1. The van der Waals surface area contributed by atoms with Crippen LogP contribution in [0.4, 0.5) is 0 Å². The van der Waals surface area contributed by atoms with E-state index in [1.807, 2.05) is 72.7 Å². The van der Waals surface area contributed by atoms with Gasteiger partial charge in [0, 0.05) is 39.2 Å². The SMILES string of the molecule is CCCc1cc(OC(=O)C(C)(C)C)c(-c2c(C)cc(C)cc2C)c(=O)o1.Cc1cc(C)c(-c2c(O)cc(CCSc3ccc(I)cc3)oc2=O)c(C)c1. The molecule has 0 aliphatic rings. The van der Waals surface area contributed by atoms with Gasteiger partial charge in [0.15, 0.2) is 0 Å². The minimum atomic E-state index is -0.671. The number of carbonyl (C=O) groups excluding carboxylic acids is 1. The molecule has 0 aliphatic heterocycles. The van der Waals surface area contributed by atoms with Crippen LogP contribution in [0.2, 0.25) is 0 Å². The molecule has 0 unspecified atom stereocenters. The van der Waals surface area contributed by atoms with Crippen LogP contribution in [0, 0.1) is 50.5 Å². The molecule has 53 heavy (non-hydrogen) atoms. The summed E-state index contributed by atoms with van der Waals surface area (Å²) in [5.74, 6) is 1.68. The highest BCUT2D eigenvalue weighted by atomic mass is 127. The highest BCUT2D eigenvalue weighted by Gasteiger charge is 2.27. The normalized spacial score (nSPS) is 11.2. The van der Waals surface area contributed by atoms with Gasteiger partial charge >= 0.3 is 17.2 Å². The predicted molar refractivity (Wildman–Crippen MR) is 224 cm³/mol. The van der Waals surface area contributed by atoms with Crippen LogP contribution in [-0.4, -0.2) is 16.8 Å². The van der Waals surface area contributed by atoms with E-state index in [2.05, 4.69) is 46.9 Å². The van der Waals surface area contributed by atoms with Crippen LogP contribution in [-0.2, 0) is 17.6 Å². The van der Waals surface area contributed by atoms with Crippen LogP contribution in [0.25, 0.3) is 22.3 Å². The second-order valence-electron chi connectivity index (χ2n) is 14.5.